The monoisotopic (exact) mass is 254 g/mol. The Morgan fingerprint density at radius 1 is 1.21 bits per heavy atom. The highest BCUT2D eigenvalue weighted by Crippen LogP contribution is 2.36. The molecule has 2 nitrogen and oxygen atoms in total. The van der Waals surface area contributed by atoms with Crippen molar-refractivity contribution in [3.8, 4) is 0 Å². The highest BCUT2D eigenvalue weighted by atomic mass is 14.9. The van der Waals surface area contributed by atoms with Crippen molar-refractivity contribution in [1.82, 2.24) is 4.98 Å². The molecule has 0 radical (unpaired) electrons. The van der Waals surface area contributed by atoms with Crippen LogP contribution in [0.3, 0.4) is 0 Å². The van der Waals surface area contributed by atoms with Gasteiger partial charge in [0.05, 0.1) is 5.52 Å². The van der Waals surface area contributed by atoms with Gasteiger partial charge in [-0.2, -0.15) is 0 Å². The van der Waals surface area contributed by atoms with Gasteiger partial charge in [-0.25, -0.2) is 0 Å². The molecule has 0 aliphatic heterocycles. The molecule has 1 aromatic heterocycles. The molecule has 1 heterocycles. The first kappa shape index (κ1) is 12.5. The van der Waals surface area contributed by atoms with Gasteiger partial charge in [0.2, 0.25) is 0 Å². The molecule has 0 unspecified atom stereocenters. The molecule has 1 aliphatic carbocycles. The third kappa shape index (κ3) is 2.09. The Morgan fingerprint density at radius 2 is 2.05 bits per heavy atom. The molecule has 3 rings (SSSR count). The van der Waals surface area contributed by atoms with Gasteiger partial charge in [-0.3, -0.25) is 4.98 Å². The van der Waals surface area contributed by atoms with Gasteiger partial charge in [0.1, 0.15) is 0 Å². The van der Waals surface area contributed by atoms with Crippen LogP contribution in [0.1, 0.15) is 42.1 Å². The fraction of sp³-hybridized carbons (Fsp3) is 0.471. The van der Waals surface area contributed by atoms with Gasteiger partial charge in [-0.15, -0.1) is 0 Å². The van der Waals surface area contributed by atoms with E-state index in [2.05, 4.69) is 38.2 Å². The minimum absolute atomic E-state index is 1.04. The maximum atomic E-state index is 4.91. The number of aromatic nitrogens is 1. The summed E-state index contributed by atoms with van der Waals surface area (Å²) in [4.78, 5) is 4.91. The van der Waals surface area contributed by atoms with Crippen LogP contribution in [-0.2, 0) is 12.8 Å². The van der Waals surface area contributed by atoms with Gasteiger partial charge in [0.25, 0.3) is 0 Å². The van der Waals surface area contributed by atoms with Gasteiger partial charge < -0.3 is 5.32 Å². The van der Waals surface area contributed by atoms with E-state index in [1.165, 1.54) is 46.3 Å². The Hall–Kier alpha value is -1.57. The summed E-state index contributed by atoms with van der Waals surface area (Å²) in [5.74, 6) is 0. The van der Waals surface area contributed by atoms with Crippen molar-refractivity contribution in [3.05, 3.63) is 34.5 Å². The van der Waals surface area contributed by atoms with E-state index in [1.54, 1.807) is 0 Å². The van der Waals surface area contributed by atoms with Crippen LogP contribution in [0.25, 0.3) is 10.9 Å². The second-order valence-corrected chi connectivity index (χ2v) is 5.67. The number of fused-ring (bicyclic) bond motifs is 2. The molecule has 100 valence electrons. The quantitative estimate of drug-likeness (QED) is 0.889. The molecule has 1 N–H and O–H groups in total. The van der Waals surface area contributed by atoms with E-state index in [9.17, 15) is 0 Å². The summed E-state index contributed by atoms with van der Waals surface area (Å²) >= 11 is 0. The van der Waals surface area contributed by atoms with E-state index in [-0.39, 0.29) is 0 Å². The predicted molar refractivity (Wildman–Crippen MR) is 82.0 cm³/mol. The number of aryl methyl sites for hydroxylation is 3. The molecule has 0 bridgehead atoms. The van der Waals surface area contributed by atoms with Crippen molar-refractivity contribution in [2.45, 2.75) is 46.5 Å². The Balaban J connectivity index is 2.28. The molecule has 2 aromatic rings. The maximum Gasteiger partial charge on any atom is 0.0731 e. The molecule has 0 fully saturated rings. The van der Waals surface area contributed by atoms with Crippen LogP contribution in [0.2, 0.25) is 0 Å². The summed E-state index contributed by atoms with van der Waals surface area (Å²) < 4.78 is 0. The van der Waals surface area contributed by atoms with Gasteiger partial charge >= 0.3 is 0 Å². The van der Waals surface area contributed by atoms with Gasteiger partial charge in [-0.1, -0.05) is 13.0 Å². The lowest BCUT2D eigenvalue weighted by Gasteiger charge is -2.16. The topological polar surface area (TPSA) is 24.9 Å². The second-order valence-electron chi connectivity index (χ2n) is 5.67. The number of anilines is 1. The van der Waals surface area contributed by atoms with E-state index in [1.807, 2.05) is 0 Å². The number of nitrogens with one attached hydrogen (secondary N) is 1. The molecule has 19 heavy (non-hydrogen) atoms. The molecule has 0 atom stereocenters. The first-order valence-electron chi connectivity index (χ1n) is 7.37. The van der Waals surface area contributed by atoms with E-state index in [0.717, 1.165) is 24.9 Å². The lowest BCUT2D eigenvalue weighted by Crippen LogP contribution is -2.06. The molecule has 2 heteroatoms. The zero-order valence-electron chi connectivity index (χ0n) is 12.1. The zero-order valence-corrected chi connectivity index (χ0v) is 12.1. The molecule has 1 aliphatic rings. The molecular weight excluding hydrogens is 232 g/mol. The van der Waals surface area contributed by atoms with Crippen LogP contribution >= 0.6 is 0 Å². The molecule has 0 spiro atoms. The third-order valence-electron chi connectivity index (χ3n) is 4.01. The average molecular weight is 254 g/mol. The van der Waals surface area contributed by atoms with Crippen molar-refractivity contribution < 1.29 is 0 Å². The number of benzene rings is 1. The fourth-order valence-corrected chi connectivity index (χ4v) is 3.22. The Labute approximate surface area is 115 Å². The van der Waals surface area contributed by atoms with Gasteiger partial charge in [0.15, 0.2) is 0 Å². The lowest BCUT2D eigenvalue weighted by atomic mass is 10.0. The molecule has 0 saturated carbocycles. The fourth-order valence-electron chi connectivity index (χ4n) is 3.22. The molecular formula is C17H22N2. The van der Waals surface area contributed by atoms with Crippen LogP contribution in [0, 0.1) is 13.8 Å². The maximum absolute atomic E-state index is 4.91. The summed E-state index contributed by atoms with van der Waals surface area (Å²) in [6.07, 6.45) is 4.72. The first-order chi connectivity index (χ1) is 9.20. The lowest BCUT2D eigenvalue weighted by molar-refractivity contribution is 0.900. The Kier molecular flexibility index (Phi) is 3.17. The second kappa shape index (κ2) is 4.84. The largest absolute Gasteiger partial charge is 0.384 e. The summed E-state index contributed by atoms with van der Waals surface area (Å²) in [6.45, 7) is 7.61. The van der Waals surface area contributed by atoms with Crippen molar-refractivity contribution >= 4 is 16.6 Å². The first-order valence-corrected chi connectivity index (χ1v) is 7.37. The average Bonchev–Trinajstić information content (AvgIpc) is 2.82. The number of hydrogen-bond donors (Lipinski definition) is 1. The van der Waals surface area contributed by atoms with Crippen LogP contribution < -0.4 is 5.32 Å². The Morgan fingerprint density at radius 3 is 2.84 bits per heavy atom. The van der Waals surface area contributed by atoms with Crippen molar-refractivity contribution in [3.63, 3.8) is 0 Å². The number of nitrogens with zero attached hydrogens (tertiary/aromatic N) is 1. The summed E-state index contributed by atoms with van der Waals surface area (Å²) in [6, 6.07) is 4.49. The van der Waals surface area contributed by atoms with E-state index < -0.39 is 0 Å². The third-order valence-corrected chi connectivity index (χ3v) is 4.01. The van der Waals surface area contributed by atoms with Crippen LogP contribution in [0.4, 0.5) is 5.69 Å². The highest BCUT2D eigenvalue weighted by Gasteiger charge is 2.20. The van der Waals surface area contributed by atoms with Gasteiger partial charge in [0, 0.05) is 23.3 Å². The summed E-state index contributed by atoms with van der Waals surface area (Å²) in [7, 11) is 0. The van der Waals surface area contributed by atoms with E-state index in [0.29, 0.717) is 0 Å². The number of rotatable bonds is 3. The van der Waals surface area contributed by atoms with E-state index >= 15 is 0 Å². The van der Waals surface area contributed by atoms with Crippen LogP contribution in [0.15, 0.2) is 12.1 Å². The van der Waals surface area contributed by atoms with Crippen molar-refractivity contribution in [1.29, 1.82) is 0 Å². The van der Waals surface area contributed by atoms with E-state index in [4.69, 9.17) is 4.98 Å². The van der Waals surface area contributed by atoms with Gasteiger partial charge in [-0.05, 0) is 62.3 Å². The van der Waals surface area contributed by atoms with Crippen molar-refractivity contribution in [2.75, 3.05) is 11.9 Å². The SMILES string of the molecule is CCCNc1c2c(nc3cc(C)cc(C)c13)CCC2. The normalized spacial score (nSPS) is 13.8. The number of hydrogen-bond acceptors (Lipinski definition) is 2. The molecule has 0 saturated heterocycles. The summed E-state index contributed by atoms with van der Waals surface area (Å²) in [5, 5.41) is 4.99. The zero-order chi connectivity index (χ0) is 13.4. The minimum atomic E-state index is 1.04. The molecule has 0 amide bonds. The standard InChI is InChI=1S/C17H22N2/c1-4-8-18-17-13-6-5-7-14(13)19-15-10-11(2)9-12(3)16(15)17/h9-10H,4-8H2,1-3H3,(H,18,19). The van der Waals surface area contributed by atoms with Crippen LogP contribution in [-0.4, -0.2) is 11.5 Å². The minimum Gasteiger partial charge on any atom is -0.384 e. The van der Waals surface area contributed by atoms with Crippen molar-refractivity contribution in [2.24, 2.45) is 0 Å². The number of pyridine rings is 1. The highest BCUT2D eigenvalue weighted by molar-refractivity contribution is 5.96. The predicted octanol–water partition coefficient (Wildman–Crippen LogP) is 4.16. The molecule has 1 aromatic carbocycles. The summed E-state index contributed by atoms with van der Waals surface area (Å²) in [5.41, 5.74) is 7.95. The Bertz CT molecular complexity index is 629. The van der Waals surface area contributed by atoms with Crippen LogP contribution in [0.5, 0.6) is 0 Å². The smallest absolute Gasteiger partial charge is 0.0731 e.